The van der Waals surface area contributed by atoms with E-state index < -0.39 is 6.10 Å². The van der Waals surface area contributed by atoms with Gasteiger partial charge in [0.15, 0.2) is 6.10 Å². The molecule has 0 bridgehead atoms. The largest absolute Gasteiger partial charge is 0.462 e. The van der Waals surface area contributed by atoms with E-state index in [1.165, 1.54) is 51.4 Å². The third kappa shape index (κ3) is 63.7. The van der Waals surface area contributed by atoms with Crippen molar-refractivity contribution in [3.8, 4) is 0 Å². The van der Waals surface area contributed by atoms with Gasteiger partial charge in [0.05, 0.1) is 0 Å². The van der Waals surface area contributed by atoms with Crippen LogP contribution in [0.3, 0.4) is 0 Å². The minimum absolute atomic E-state index is 0.103. The summed E-state index contributed by atoms with van der Waals surface area (Å²) in [5, 5.41) is 0. The molecule has 0 radical (unpaired) electrons. The first-order valence-corrected chi connectivity index (χ1v) is 32.0. The molecule has 0 saturated carbocycles. The summed E-state index contributed by atoms with van der Waals surface area (Å²) < 4.78 is 16.9. The van der Waals surface area contributed by atoms with Crippen LogP contribution in [0.5, 0.6) is 0 Å². The van der Waals surface area contributed by atoms with Crippen LogP contribution in [-0.2, 0) is 28.6 Å². The van der Waals surface area contributed by atoms with Gasteiger partial charge in [-0.05, 0) is 141 Å². The van der Waals surface area contributed by atoms with Gasteiger partial charge in [0.2, 0.25) is 0 Å². The lowest BCUT2D eigenvalue weighted by Crippen LogP contribution is -2.30. The van der Waals surface area contributed by atoms with Crippen molar-refractivity contribution in [3.05, 3.63) is 158 Å². The molecule has 0 aromatic carbocycles. The summed E-state index contributed by atoms with van der Waals surface area (Å²) in [5.74, 6) is -0.950. The Labute approximate surface area is 486 Å². The number of hydrogen-bond acceptors (Lipinski definition) is 6. The van der Waals surface area contributed by atoms with E-state index in [4.69, 9.17) is 14.2 Å². The van der Waals surface area contributed by atoms with Gasteiger partial charge in [-0.2, -0.15) is 0 Å². The van der Waals surface area contributed by atoms with Crippen LogP contribution in [0.4, 0.5) is 0 Å². The highest BCUT2D eigenvalue weighted by atomic mass is 16.6. The second-order valence-corrected chi connectivity index (χ2v) is 20.5. The number of esters is 3. The number of carbonyl (C=O) groups excluding carboxylic acids is 3. The Morgan fingerprint density at radius 3 is 0.709 bits per heavy atom. The molecule has 0 amide bonds. The first kappa shape index (κ1) is 74.0. The molecule has 0 aromatic rings. The van der Waals surface area contributed by atoms with Gasteiger partial charge in [-0.15, -0.1) is 0 Å². The van der Waals surface area contributed by atoms with Crippen LogP contribution in [-0.4, -0.2) is 37.2 Å². The fraction of sp³-hybridized carbons (Fsp3) is 0.603. The van der Waals surface area contributed by atoms with Crippen LogP contribution < -0.4 is 0 Å². The molecule has 79 heavy (non-hydrogen) atoms. The van der Waals surface area contributed by atoms with Crippen molar-refractivity contribution in [2.75, 3.05) is 13.2 Å². The van der Waals surface area contributed by atoms with E-state index in [0.29, 0.717) is 19.3 Å². The van der Waals surface area contributed by atoms with Gasteiger partial charge in [0.1, 0.15) is 13.2 Å². The lowest BCUT2D eigenvalue weighted by molar-refractivity contribution is -0.167. The number of allylic oxidation sites excluding steroid dienone is 26. The van der Waals surface area contributed by atoms with Gasteiger partial charge in [-0.3, -0.25) is 14.4 Å². The Morgan fingerprint density at radius 1 is 0.253 bits per heavy atom. The molecule has 1 atom stereocenters. The molecule has 0 aliphatic rings. The van der Waals surface area contributed by atoms with Crippen LogP contribution >= 0.6 is 0 Å². The molecule has 1 unspecified atom stereocenters. The number of ether oxygens (including phenoxy) is 3. The third-order valence-electron chi connectivity index (χ3n) is 13.0. The van der Waals surface area contributed by atoms with Crippen molar-refractivity contribution >= 4 is 17.9 Å². The predicted octanol–water partition coefficient (Wildman–Crippen LogP) is 22.1. The molecule has 444 valence electrons. The van der Waals surface area contributed by atoms with Gasteiger partial charge in [0, 0.05) is 19.3 Å². The standard InChI is InChI=1S/C73H116O6/c1-4-7-10-13-16-19-22-25-28-30-32-34-36-38-40-42-45-48-51-54-57-60-63-66-72(75)78-69-70(68-77-71(74)65-62-59-56-53-50-47-44-27-24-21-18-15-12-9-6-3)79-73(76)67-64-61-58-55-52-49-46-43-41-39-37-35-33-31-29-26-23-20-17-14-11-8-5-2/h7-12,16-21,25-29,32-35,38,40,44-45,48,70H,4-6,13-15,22-24,30-31,36-37,39,41-43,46-47,49-69H2,1-3H3/b10-7-,11-8-,12-9-,19-16-,20-17-,21-18-,28-25-,29-26-,34-32-,35-33-,40-38-,44-27-,48-45-. The lowest BCUT2D eigenvalue weighted by Gasteiger charge is -2.18. The van der Waals surface area contributed by atoms with Crippen molar-refractivity contribution in [1.29, 1.82) is 0 Å². The van der Waals surface area contributed by atoms with Crippen molar-refractivity contribution < 1.29 is 28.6 Å². The third-order valence-corrected chi connectivity index (χ3v) is 13.0. The summed E-state index contributed by atoms with van der Waals surface area (Å²) in [6, 6.07) is 0. The highest BCUT2D eigenvalue weighted by Gasteiger charge is 2.19. The minimum Gasteiger partial charge on any atom is -0.462 e. The van der Waals surface area contributed by atoms with Crippen molar-refractivity contribution in [2.24, 2.45) is 0 Å². The quantitative estimate of drug-likeness (QED) is 0.0261. The maximum atomic E-state index is 12.9. The maximum absolute atomic E-state index is 12.9. The van der Waals surface area contributed by atoms with E-state index in [1.807, 2.05) is 0 Å². The summed E-state index contributed by atoms with van der Waals surface area (Å²) >= 11 is 0. The average Bonchev–Trinajstić information content (AvgIpc) is 3.45. The first-order chi connectivity index (χ1) is 39.0. The summed E-state index contributed by atoms with van der Waals surface area (Å²) in [7, 11) is 0. The highest BCUT2D eigenvalue weighted by Crippen LogP contribution is 2.15. The number of rotatable bonds is 56. The maximum Gasteiger partial charge on any atom is 0.306 e. The van der Waals surface area contributed by atoms with Crippen LogP contribution in [0.25, 0.3) is 0 Å². The Morgan fingerprint density at radius 2 is 0.456 bits per heavy atom. The molecule has 6 nitrogen and oxygen atoms in total. The Bertz CT molecular complexity index is 1780. The van der Waals surface area contributed by atoms with E-state index in [1.54, 1.807) is 0 Å². The molecule has 0 aliphatic heterocycles. The SMILES string of the molecule is CC/C=C\C/C=C\C/C=C\C/C=C\C/C=C\C/C=C\CCCCCCC(=O)OCC(COC(=O)CCCCCCC/C=C\C/C=C\C/C=C\CC)OC(=O)CCCCCCCCCCCC/C=C\C/C=C\C/C=C\C/C=C\CC. The summed E-state index contributed by atoms with van der Waals surface area (Å²) in [6.45, 7) is 6.26. The van der Waals surface area contributed by atoms with Crippen LogP contribution in [0.2, 0.25) is 0 Å². The molecule has 0 N–H and O–H groups in total. The smallest absolute Gasteiger partial charge is 0.306 e. The van der Waals surface area contributed by atoms with Crippen molar-refractivity contribution in [1.82, 2.24) is 0 Å². The molecule has 0 fully saturated rings. The molecule has 0 saturated heterocycles. The number of hydrogen-bond donors (Lipinski definition) is 0. The van der Waals surface area contributed by atoms with E-state index in [9.17, 15) is 14.4 Å². The van der Waals surface area contributed by atoms with E-state index >= 15 is 0 Å². The number of unbranched alkanes of at least 4 members (excludes halogenated alkanes) is 19. The minimum atomic E-state index is -0.808. The van der Waals surface area contributed by atoms with E-state index in [2.05, 4.69) is 179 Å². The van der Waals surface area contributed by atoms with Gasteiger partial charge in [0.25, 0.3) is 0 Å². The van der Waals surface area contributed by atoms with Gasteiger partial charge >= 0.3 is 17.9 Å². The molecular weight excluding hydrogens is 973 g/mol. The molecule has 0 heterocycles. The monoisotopic (exact) mass is 1090 g/mol. The Hall–Kier alpha value is -4.97. The molecule has 0 rings (SSSR count). The summed E-state index contributed by atoms with van der Waals surface area (Å²) in [5.41, 5.74) is 0. The fourth-order valence-electron chi connectivity index (χ4n) is 8.33. The van der Waals surface area contributed by atoms with Gasteiger partial charge < -0.3 is 14.2 Å². The van der Waals surface area contributed by atoms with Gasteiger partial charge in [-0.25, -0.2) is 0 Å². The molecule has 6 heteroatoms. The van der Waals surface area contributed by atoms with Gasteiger partial charge in [-0.1, -0.05) is 262 Å². The summed E-state index contributed by atoms with van der Waals surface area (Å²) in [6.07, 6.45) is 95.3. The molecule has 0 aliphatic carbocycles. The topological polar surface area (TPSA) is 78.9 Å². The van der Waals surface area contributed by atoms with Crippen LogP contribution in [0, 0.1) is 0 Å². The zero-order valence-corrected chi connectivity index (χ0v) is 50.8. The summed E-state index contributed by atoms with van der Waals surface area (Å²) in [4.78, 5) is 38.4. The Kier molecular flexibility index (Phi) is 61.4. The zero-order valence-electron chi connectivity index (χ0n) is 50.8. The first-order valence-electron chi connectivity index (χ1n) is 32.0. The normalized spacial score (nSPS) is 13.2. The molecule has 0 aromatic heterocycles. The van der Waals surface area contributed by atoms with E-state index in [0.717, 1.165) is 173 Å². The number of carbonyl (C=O) groups is 3. The van der Waals surface area contributed by atoms with Crippen LogP contribution in [0.15, 0.2) is 158 Å². The molecule has 0 spiro atoms. The van der Waals surface area contributed by atoms with Crippen molar-refractivity contribution in [2.45, 2.75) is 271 Å². The van der Waals surface area contributed by atoms with Crippen LogP contribution in [0.1, 0.15) is 265 Å². The Balaban J connectivity index is 4.47. The zero-order chi connectivity index (χ0) is 57.1. The predicted molar refractivity (Wildman–Crippen MR) is 343 cm³/mol. The van der Waals surface area contributed by atoms with Crippen molar-refractivity contribution in [3.63, 3.8) is 0 Å². The highest BCUT2D eigenvalue weighted by molar-refractivity contribution is 5.71. The fourth-order valence-corrected chi connectivity index (χ4v) is 8.33. The average molecular weight is 1090 g/mol. The van der Waals surface area contributed by atoms with E-state index in [-0.39, 0.29) is 31.1 Å². The molecular formula is C73H116O6. The lowest BCUT2D eigenvalue weighted by atomic mass is 10.0. The second kappa shape index (κ2) is 65.5. The second-order valence-electron chi connectivity index (χ2n) is 20.5.